The highest BCUT2D eigenvalue weighted by molar-refractivity contribution is 9.10. The molecule has 0 aliphatic carbocycles. The number of fused-ring (bicyclic) bond motifs is 1. The average molecular weight is 354 g/mol. The van der Waals surface area contributed by atoms with Crippen LogP contribution in [0.25, 0.3) is 0 Å². The molecule has 1 aliphatic rings. The van der Waals surface area contributed by atoms with Crippen LogP contribution in [0, 0.1) is 11.6 Å². The molecule has 0 spiro atoms. The van der Waals surface area contributed by atoms with Crippen molar-refractivity contribution in [3.8, 4) is 0 Å². The largest absolute Gasteiger partial charge is 0.316 e. The fourth-order valence-corrected chi connectivity index (χ4v) is 2.76. The van der Waals surface area contributed by atoms with E-state index in [4.69, 9.17) is 5.73 Å². The predicted molar refractivity (Wildman–Crippen MR) is 76.4 cm³/mol. The lowest BCUT2D eigenvalue weighted by molar-refractivity contribution is -0.119. The number of benzene rings is 1. The second kappa shape index (κ2) is 5.16. The molecule has 0 fully saturated rings. The van der Waals surface area contributed by atoms with Gasteiger partial charge in [0, 0.05) is 11.6 Å². The number of hydrogen-bond acceptors (Lipinski definition) is 3. The lowest BCUT2D eigenvalue weighted by Gasteiger charge is -2.17. The highest BCUT2D eigenvalue weighted by Gasteiger charge is 2.37. The summed E-state index contributed by atoms with van der Waals surface area (Å²) in [6.45, 7) is 0.0991. The normalized spacial score (nSPS) is 17.2. The number of aromatic nitrogens is 1. The molecular weight excluding hydrogens is 344 g/mol. The van der Waals surface area contributed by atoms with E-state index in [-0.39, 0.29) is 17.8 Å². The number of carbonyl (C=O) groups excluding carboxylic acids is 1. The summed E-state index contributed by atoms with van der Waals surface area (Å²) in [4.78, 5) is 17.6. The number of nitrogens with zero attached hydrogens (tertiary/aromatic N) is 2. The molecular formula is C14H10BrF2N3O. The van der Waals surface area contributed by atoms with Crippen molar-refractivity contribution >= 4 is 27.5 Å². The van der Waals surface area contributed by atoms with Crippen molar-refractivity contribution < 1.29 is 13.6 Å². The maximum atomic E-state index is 13.8. The summed E-state index contributed by atoms with van der Waals surface area (Å²) in [7, 11) is 0. The molecule has 0 saturated heterocycles. The molecule has 1 atom stereocenters. The average Bonchev–Trinajstić information content (AvgIpc) is 2.64. The van der Waals surface area contributed by atoms with Gasteiger partial charge in [0.25, 0.3) is 0 Å². The van der Waals surface area contributed by atoms with Crippen LogP contribution in [0.4, 0.5) is 14.5 Å². The Morgan fingerprint density at radius 2 is 2.10 bits per heavy atom. The molecule has 2 heterocycles. The number of pyridine rings is 1. The quantitative estimate of drug-likeness (QED) is 0.844. The van der Waals surface area contributed by atoms with Crippen LogP contribution in [0.5, 0.6) is 0 Å². The molecule has 7 heteroatoms. The van der Waals surface area contributed by atoms with Gasteiger partial charge in [-0.25, -0.2) is 13.8 Å². The highest BCUT2D eigenvalue weighted by atomic mass is 79.9. The van der Waals surface area contributed by atoms with Gasteiger partial charge in [-0.05, 0) is 34.1 Å². The van der Waals surface area contributed by atoms with Gasteiger partial charge in [0.15, 0.2) is 0 Å². The fraction of sp³-hybridized carbons (Fsp3) is 0.143. The van der Waals surface area contributed by atoms with Crippen molar-refractivity contribution in [3.63, 3.8) is 0 Å². The van der Waals surface area contributed by atoms with Crippen LogP contribution in [0.1, 0.15) is 17.3 Å². The molecule has 1 aromatic heterocycles. The van der Waals surface area contributed by atoms with E-state index in [0.29, 0.717) is 10.3 Å². The molecule has 1 aromatic carbocycles. The van der Waals surface area contributed by atoms with Crippen molar-refractivity contribution in [3.05, 3.63) is 57.8 Å². The predicted octanol–water partition coefficient (Wildman–Crippen LogP) is 2.67. The van der Waals surface area contributed by atoms with Crippen LogP contribution in [-0.4, -0.2) is 10.9 Å². The minimum atomic E-state index is -1.12. The molecule has 1 aliphatic heterocycles. The first-order valence-corrected chi connectivity index (χ1v) is 6.94. The maximum Gasteiger partial charge on any atom is 0.249 e. The van der Waals surface area contributed by atoms with E-state index in [2.05, 4.69) is 20.9 Å². The summed E-state index contributed by atoms with van der Waals surface area (Å²) in [6, 6.07) is 5.95. The molecule has 0 saturated carbocycles. The third kappa shape index (κ3) is 2.43. The molecule has 0 bridgehead atoms. The molecule has 0 radical (unpaired) electrons. The van der Waals surface area contributed by atoms with Crippen LogP contribution in [0.15, 0.2) is 34.9 Å². The van der Waals surface area contributed by atoms with E-state index >= 15 is 0 Å². The van der Waals surface area contributed by atoms with E-state index in [1.165, 1.54) is 4.90 Å². The molecule has 1 amide bonds. The zero-order valence-corrected chi connectivity index (χ0v) is 12.3. The highest BCUT2D eigenvalue weighted by Crippen LogP contribution is 2.37. The number of anilines is 1. The van der Waals surface area contributed by atoms with Crippen LogP contribution >= 0.6 is 15.9 Å². The zero-order chi connectivity index (χ0) is 15.1. The summed E-state index contributed by atoms with van der Waals surface area (Å²) in [6.07, 6.45) is 0. The summed E-state index contributed by atoms with van der Waals surface area (Å²) in [5.41, 5.74) is 6.50. The Bertz CT molecular complexity index is 738. The molecule has 108 valence electrons. The Balaban J connectivity index is 2.03. The number of rotatable bonds is 2. The van der Waals surface area contributed by atoms with E-state index in [1.54, 1.807) is 18.2 Å². The van der Waals surface area contributed by atoms with Crippen LogP contribution in [-0.2, 0) is 11.3 Å². The van der Waals surface area contributed by atoms with E-state index in [0.717, 1.165) is 12.1 Å². The molecule has 3 rings (SSSR count). The zero-order valence-electron chi connectivity index (χ0n) is 10.7. The minimum absolute atomic E-state index is 0.0244. The van der Waals surface area contributed by atoms with Crippen molar-refractivity contribution in [2.45, 2.75) is 12.6 Å². The fourth-order valence-electron chi connectivity index (χ4n) is 2.38. The summed E-state index contributed by atoms with van der Waals surface area (Å²) in [5.74, 6) is -2.04. The number of carbonyl (C=O) groups is 1. The second-order valence-corrected chi connectivity index (χ2v) is 5.49. The Morgan fingerprint density at radius 1 is 1.33 bits per heavy atom. The van der Waals surface area contributed by atoms with Crippen molar-refractivity contribution in [2.24, 2.45) is 5.73 Å². The van der Waals surface area contributed by atoms with E-state index < -0.39 is 23.6 Å². The first kappa shape index (κ1) is 14.1. The number of halogens is 3. The summed E-state index contributed by atoms with van der Waals surface area (Å²) in [5, 5.41) is 0. The van der Waals surface area contributed by atoms with Crippen molar-refractivity contribution in [1.29, 1.82) is 0 Å². The van der Waals surface area contributed by atoms with Crippen molar-refractivity contribution in [2.75, 3.05) is 4.90 Å². The Hall–Kier alpha value is -1.86. The standard InChI is InChI=1S/C14H10BrF2N3O/c15-11-3-1-2-8(19-11)6-20-10-5-7(16)4-9(17)12(10)13(18)14(20)21/h1-5,13H,6,18H2. The van der Waals surface area contributed by atoms with Crippen LogP contribution in [0.3, 0.4) is 0 Å². The van der Waals surface area contributed by atoms with Crippen LogP contribution < -0.4 is 10.6 Å². The van der Waals surface area contributed by atoms with E-state index in [1.807, 2.05) is 0 Å². The van der Waals surface area contributed by atoms with Gasteiger partial charge in [-0.15, -0.1) is 0 Å². The van der Waals surface area contributed by atoms with Gasteiger partial charge in [-0.3, -0.25) is 4.79 Å². The van der Waals surface area contributed by atoms with Gasteiger partial charge in [0.05, 0.1) is 17.9 Å². The number of hydrogen-bond donors (Lipinski definition) is 1. The first-order chi connectivity index (χ1) is 9.97. The molecule has 21 heavy (non-hydrogen) atoms. The minimum Gasteiger partial charge on any atom is -0.316 e. The number of amides is 1. The number of nitrogens with two attached hydrogens (primary N) is 1. The lowest BCUT2D eigenvalue weighted by Crippen LogP contribution is -2.31. The molecule has 2 N–H and O–H groups in total. The SMILES string of the molecule is NC1C(=O)N(Cc2cccc(Br)n2)c2cc(F)cc(F)c21. The molecule has 4 nitrogen and oxygen atoms in total. The van der Waals surface area contributed by atoms with Crippen LogP contribution in [0.2, 0.25) is 0 Å². The Morgan fingerprint density at radius 3 is 2.81 bits per heavy atom. The van der Waals surface area contributed by atoms with Crippen molar-refractivity contribution in [1.82, 2.24) is 4.98 Å². The van der Waals surface area contributed by atoms with Gasteiger partial charge in [-0.1, -0.05) is 6.07 Å². The Kier molecular flexibility index (Phi) is 3.46. The third-order valence-corrected chi connectivity index (χ3v) is 3.74. The van der Waals surface area contributed by atoms with Gasteiger partial charge in [0.2, 0.25) is 5.91 Å². The van der Waals surface area contributed by atoms with Gasteiger partial charge in [0.1, 0.15) is 22.3 Å². The second-order valence-electron chi connectivity index (χ2n) is 4.67. The third-order valence-electron chi connectivity index (χ3n) is 3.30. The molecule has 1 unspecified atom stereocenters. The summed E-state index contributed by atoms with van der Waals surface area (Å²) >= 11 is 3.23. The smallest absolute Gasteiger partial charge is 0.249 e. The van der Waals surface area contributed by atoms with E-state index in [9.17, 15) is 13.6 Å². The molecule has 2 aromatic rings. The maximum absolute atomic E-state index is 13.8. The first-order valence-electron chi connectivity index (χ1n) is 6.14. The topological polar surface area (TPSA) is 59.2 Å². The summed E-state index contributed by atoms with van der Waals surface area (Å²) < 4.78 is 27.9. The lowest BCUT2D eigenvalue weighted by atomic mass is 10.1. The van der Waals surface area contributed by atoms with Gasteiger partial charge in [-0.2, -0.15) is 0 Å². The Labute approximate surface area is 127 Å². The van der Waals surface area contributed by atoms with Gasteiger partial charge < -0.3 is 10.6 Å². The monoisotopic (exact) mass is 353 g/mol. The van der Waals surface area contributed by atoms with Gasteiger partial charge >= 0.3 is 0 Å².